The molecule has 1 aliphatic heterocycles. The van der Waals surface area contributed by atoms with Crippen molar-refractivity contribution in [1.29, 1.82) is 0 Å². The third-order valence-electron chi connectivity index (χ3n) is 4.30. The number of carbonyl (C=O) groups is 1. The fourth-order valence-corrected chi connectivity index (χ4v) is 3.07. The summed E-state index contributed by atoms with van der Waals surface area (Å²) in [5, 5.41) is 0. The molecule has 2 heterocycles. The highest BCUT2D eigenvalue weighted by molar-refractivity contribution is 5.92. The largest absolute Gasteiger partial charge is 0.573 e. The number of halogens is 3. The van der Waals surface area contributed by atoms with Gasteiger partial charge in [0.2, 0.25) is 0 Å². The second-order valence-corrected chi connectivity index (χ2v) is 6.40. The summed E-state index contributed by atoms with van der Waals surface area (Å²) in [6.45, 7) is 1.23. The monoisotopic (exact) mass is 383 g/mol. The predicted molar refractivity (Wildman–Crippen MR) is 90.0 cm³/mol. The molecular weight excluding hydrogens is 363 g/mol. The van der Waals surface area contributed by atoms with Crippen LogP contribution in [-0.4, -0.2) is 46.0 Å². The summed E-state index contributed by atoms with van der Waals surface area (Å²) >= 11 is 0. The molecule has 6 nitrogen and oxygen atoms in total. The predicted octanol–water partition coefficient (Wildman–Crippen LogP) is 3.14. The molecule has 0 radical (unpaired) electrons. The minimum Gasteiger partial charge on any atom is -0.406 e. The number of hydrogen-bond donors (Lipinski definition) is 0. The van der Waals surface area contributed by atoms with Crippen molar-refractivity contribution in [3.63, 3.8) is 0 Å². The zero-order valence-corrected chi connectivity index (χ0v) is 14.8. The summed E-state index contributed by atoms with van der Waals surface area (Å²) in [5.41, 5.74) is 0.846. The van der Waals surface area contributed by atoms with Gasteiger partial charge in [0.25, 0.3) is 5.91 Å². The van der Waals surface area contributed by atoms with Crippen molar-refractivity contribution in [2.24, 2.45) is 7.05 Å². The molecule has 0 saturated carbocycles. The molecular formula is C18H20F3N3O3. The Hall–Kier alpha value is -2.55. The van der Waals surface area contributed by atoms with Crippen molar-refractivity contribution in [3.8, 4) is 5.75 Å². The van der Waals surface area contributed by atoms with Crippen LogP contribution in [0.15, 0.2) is 36.8 Å². The number of imidazole rings is 1. The third kappa shape index (κ3) is 5.22. The number of alkyl halides is 3. The molecule has 1 aromatic heterocycles. The second kappa shape index (κ2) is 7.99. The van der Waals surface area contributed by atoms with E-state index in [1.807, 2.05) is 0 Å². The molecule has 1 amide bonds. The normalized spacial score (nSPS) is 15.6. The Morgan fingerprint density at radius 3 is 2.74 bits per heavy atom. The maximum absolute atomic E-state index is 13.0. The van der Waals surface area contributed by atoms with Crippen LogP contribution in [0.3, 0.4) is 0 Å². The summed E-state index contributed by atoms with van der Waals surface area (Å²) in [7, 11) is 1.76. The van der Waals surface area contributed by atoms with Gasteiger partial charge in [-0.25, -0.2) is 4.98 Å². The number of aromatic nitrogens is 2. The van der Waals surface area contributed by atoms with Gasteiger partial charge >= 0.3 is 6.36 Å². The molecule has 146 valence electrons. The summed E-state index contributed by atoms with van der Waals surface area (Å²) in [4.78, 5) is 18.7. The van der Waals surface area contributed by atoms with Crippen molar-refractivity contribution in [2.45, 2.75) is 31.8 Å². The van der Waals surface area contributed by atoms with Crippen molar-refractivity contribution in [2.75, 3.05) is 13.2 Å². The maximum Gasteiger partial charge on any atom is 0.573 e. The molecule has 9 heteroatoms. The van der Waals surface area contributed by atoms with Gasteiger partial charge in [0.05, 0.1) is 6.33 Å². The lowest BCUT2D eigenvalue weighted by molar-refractivity contribution is -0.274. The van der Waals surface area contributed by atoms with Crippen LogP contribution < -0.4 is 4.74 Å². The minimum absolute atomic E-state index is 0.0690. The number of carbonyl (C=O) groups excluding carboxylic acids is 1. The Kier molecular flexibility index (Phi) is 5.69. The van der Waals surface area contributed by atoms with Gasteiger partial charge in [-0.1, -0.05) is 12.1 Å². The van der Waals surface area contributed by atoms with Gasteiger partial charge in [0, 0.05) is 39.0 Å². The molecule has 1 fully saturated rings. The van der Waals surface area contributed by atoms with Gasteiger partial charge in [0.15, 0.2) is 0 Å². The van der Waals surface area contributed by atoms with E-state index in [4.69, 9.17) is 4.74 Å². The maximum atomic E-state index is 13.0. The summed E-state index contributed by atoms with van der Waals surface area (Å²) in [6.07, 6.45) is -0.275. The summed E-state index contributed by atoms with van der Waals surface area (Å²) in [5.74, 6) is -0.568. The Morgan fingerprint density at radius 1 is 1.37 bits per heavy atom. The number of rotatable bonds is 5. The lowest BCUT2D eigenvalue weighted by Gasteiger charge is -2.34. The van der Waals surface area contributed by atoms with E-state index >= 15 is 0 Å². The SMILES string of the molecule is Cn1cnc(C(=O)N(Cc2cccc(OC(F)(F)F)c2)C2CCOCC2)c1. The fraction of sp³-hybridized carbons (Fsp3) is 0.444. The van der Waals surface area contributed by atoms with Gasteiger partial charge in [-0.3, -0.25) is 4.79 Å². The highest BCUT2D eigenvalue weighted by Gasteiger charge is 2.32. The lowest BCUT2D eigenvalue weighted by atomic mass is 10.0. The van der Waals surface area contributed by atoms with Crippen LogP contribution in [-0.2, 0) is 18.3 Å². The number of aryl methyl sites for hydroxylation is 1. The standard InChI is InChI=1S/C18H20F3N3O3/c1-23-11-16(22-12-23)17(25)24(14-5-7-26-8-6-14)10-13-3-2-4-15(9-13)27-18(19,20)21/h2-4,9,11-12,14H,5-8,10H2,1H3. The summed E-state index contributed by atoms with van der Waals surface area (Å²) < 4.78 is 48.4. The van der Waals surface area contributed by atoms with Gasteiger partial charge in [0.1, 0.15) is 11.4 Å². The van der Waals surface area contributed by atoms with Gasteiger partial charge in [-0.15, -0.1) is 13.2 Å². The Bertz CT molecular complexity index is 785. The van der Waals surface area contributed by atoms with Crippen LogP contribution in [0.5, 0.6) is 5.75 Å². The fourth-order valence-electron chi connectivity index (χ4n) is 3.07. The van der Waals surface area contributed by atoms with Crippen LogP contribution in [0, 0.1) is 0 Å². The highest BCUT2D eigenvalue weighted by Crippen LogP contribution is 2.25. The summed E-state index contributed by atoms with van der Waals surface area (Å²) in [6, 6.07) is 5.60. The Balaban J connectivity index is 1.83. The average molecular weight is 383 g/mol. The van der Waals surface area contributed by atoms with E-state index in [0.717, 1.165) is 0 Å². The zero-order chi connectivity index (χ0) is 19.4. The number of amides is 1. The Morgan fingerprint density at radius 2 is 2.11 bits per heavy atom. The van der Waals surface area contributed by atoms with Crippen molar-refractivity contribution in [1.82, 2.24) is 14.5 Å². The molecule has 0 atom stereocenters. The average Bonchev–Trinajstić information content (AvgIpc) is 3.05. The van der Waals surface area contributed by atoms with E-state index in [0.29, 0.717) is 37.3 Å². The van der Waals surface area contributed by atoms with Gasteiger partial charge in [-0.05, 0) is 30.5 Å². The lowest BCUT2D eigenvalue weighted by Crippen LogP contribution is -2.43. The molecule has 1 saturated heterocycles. The number of benzene rings is 1. The number of nitrogens with zero attached hydrogens (tertiary/aromatic N) is 3. The van der Waals surface area contributed by atoms with Gasteiger partial charge < -0.3 is 18.9 Å². The molecule has 2 aromatic rings. The first-order valence-corrected chi connectivity index (χ1v) is 8.53. The molecule has 0 bridgehead atoms. The molecule has 1 aromatic carbocycles. The zero-order valence-electron chi connectivity index (χ0n) is 14.8. The van der Waals surface area contributed by atoms with E-state index in [2.05, 4.69) is 9.72 Å². The molecule has 1 aliphatic rings. The minimum atomic E-state index is -4.76. The van der Waals surface area contributed by atoms with E-state index in [1.165, 1.54) is 24.5 Å². The smallest absolute Gasteiger partial charge is 0.406 e. The van der Waals surface area contributed by atoms with E-state index in [-0.39, 0.29) is 24.2 Å². The molecule has 0 spiro atoms. The molecule has 27 heavy (non-hydrogen) atoms. The molecule has 0 unspecified atom stereocenters. The van der Waals surface area contributed by atoms with E-state index in [1.54, 1.807) is 28.8 Å². The van der Waals surface area contributed by atoms with E-state index in [9.17, 15) is 18.0 Å². The molecule has 0 N–H and O–H groups in total. The second-order valence-electron chi connectivity index (χ2n) is 6.40. The quantitative estimate of drug-likeness (QED) is 0.796. The van der Waals surface area contributed by atoms with Crippen LogP contribution in [0.25, 0.3) is 0 Å². The van der Waals surface area contributed by atoms with Gasteiger partial charge in [-0.2, -0.15) is 0 Å². The van der Waals surface area contributed by atoms with Crippen molar-refractivity contribution in [3.05, 3.63) is 48.0 Å². The van der Waals surface area contributed by atoms with E-state index < -0.39 is 6.36 Å². The topological polar surface area (TPSA) is 56.6 Å². The van der Waals surface area contributed by atoms with Crippen LogP contribution >= 0.6 is 0 Å². The van der Waals surface area contributed by atoms with Crippen LogP contribution in [0.1, 0.15) is 28.9 Å². The third-order valence-corrected chi connectivity index (χ3v) is 4.30. The van der Waals surface area contributed by atoms with Crippen molar-refractivity contribution >= 4 is 5.91 Å². The first-order valence-electron chi connectivity index (χ1n) is 8.53. The molecule has 0 aliphatic carbocycles. The number of ether oxygens (including phenoxy) is 2. The Labute approximate surface area is 154 Å². The molecule has 3 rings (SSSR count). The van der Waals surface area contributed by atoms with Crippen LogP contribution in [0.4, 0.5) is 13.2 Å². The van der Waals surface area contributed by atoms with Crippen molar-refractivity contribution < 1.29 is 27.4 Å². The number of hydrogen-bond acceptors (Lipinski definition) is 4. The first kappa shape index (κ1) is 19.2. The van der Waals surface area contributed by atoms with Crippen LogP contribution in [0.2, 0.25) is 0 Å². The highest BCUT2D eigenvalue weighted by atomic mass is 19.4. The first-order chi connectivity index (χ1) is 12.8.